The van der Waals surface area contributed by atoms with Crippen LogP contribution in [0.25, 0.3) is 22.6 Å². The minimum atomic E-state index is -0.470. The van der Waals surface area contributed by atoms with Gasteiger partial charge < -0.3 is 9.47 Å². The second-order valence-corrected chi connectivity index (χ2v) is 7.30. The Bertz CT molecular complexity index is 1300. The first-order chi connectivity index (χ1) is 15.5. The number of aryl methyl sites for hydroxylation is 1. The highest BCUT2D eigenvalue weighted by atomic mass is 16.5. The Morgan fingerprint density at radius 1 is 0.938 bits per heavy atom. The van der Waals surface area contributed by atoms with Gasteiger partial charge in [0.25, 0.3) is 0 Å². The molecule has 4 aromatic rings. The van der Waals surface area contributed by atoms with Gasteiger partial charge in [-0.15, -0.1) is 0 Å². The van der Waals surface area contributed by atoms with Crippen LogP contribution in [0.3, 0.4) is 0 Å². The fraction of sp³-hybridized carbons (Fsp3) is 0.154. The number of benzene rings is 3. The number of para-hydroxylation sites is 1. The van der Waals surface area contributed by atoms with E-state index >= 15 is 0 Å². The van der Waals surface area contributed by atoms with Crippen LogP contribution in [0, 0.1) is 6.92 Å². The first-order valence-corrected chi connectivity index (χ1v) is 10.4. The number of nitrogens with zero attached hydrogens (tertiary/aromatic N) is 2. The first kappa shape index (κ1) is 21.2. The molecule has 0 radical (unpaired) electrons. The highest BCUT2D eigenvalue weighted by molar-refractivity contribution is 5.93. The van der Waals surface area contributed by atoms with Crippen molar-refractivity contribution in [3.8, 4) is 28.4 Å². The molecule has 0 atom stereocenters. The van der Waals surface area contributed by atoms with Crippen LogP contribution in [0.1, 0.15) is 22.8 Å². The zero-order valence-corrected chi connectivity index (χ0v) is 18.2. The van der Waals surface area contributed by atoms with Crippen LogP contribution in [0.5, 0.6) is 5.75 Å². The lowest BCUT2D eigenvalue weighted by molar-refractivity contribution is 0.0526. The maximum Gasteiger partial charge on any atom is 0.340 e. The molecule has 0 amide bonds. The molecule has 1 heterocycles. The summed E-state index contributed by atoms with van der Waals surface area (Å²) in [4.78, 5) is 26.3. The van der Waals surface area contributed by atoms with Crippen molar-refractivity contribution in [2.75, 3.05) is 13.7 Å². The third-order valence-corrected chi connectivity index (χ3v) is 5.23. The molecule has 3 aromatic carbocycles. The smallest absolute Gasteiger partial charge is 0.340 e. The van der Waals surface area contributed by atoms with E-state index in [1.807, 2.05) is 43.3 Å². The van der Waals surface area contributed by atoms with Gasteiger partial charge in [0, 0.05) is 11.8 Å². The molecule has 0 fully saturated rings. The number of hydrogen-bond donors (Lipinski definition) is 0. The maximum absolute atomic E-state index is 13.7. The Morgan fingerprint density at radius 3 is 2.28 bits per heavy atom. The molecule has 1 aromatic heterocycles. The van der Waals surface area contributed by atoms with Crippen LogP contribution in [0.4, 0.5) is 0 Å². The van der Waals surface area contributed by atoms with E-state index < -0.39 is 5.97 Å². The molecule has 0 N–H and O–H groups in total. The zero-order chi connectivity index (χ0) is 22.7. The number of methoxy groups -OCH3 is 1. The molecular formula is C26H24N2O4. The number of aromatic nitrogens is 2. The largest absolute Gasteiger partial charge is 0.497 e. The molecule has 4 rings (SSSR count). The Balaban J connectivity index is 1.97. The molecular weight excluding hydrogens is 404 g/mol. The van der Waals surface area contributed by atoms with Crippen LogP contribution in [-0.2, 0) is 4.74 Å². The Hall–Kier alpha value is -4.06. The summed E-state index contributed by atoms with van der Waals surface area (Å²) in [6, 6.07) is 22.1. The first-order valence-electron chi connectivity index (χ1n) is 10.4. The molecule has 0 spiro atoms. The SMILES string of the molecule is CCOC(=O)c1ccccc1-n1c(-c2ccc(C)cc2)cn(-c2ccc(OC)cc2)c1=O. The number of carbonyl (C=O) groups is 1. The van der Waals surface area contributed by atoms with Crippen molar-refractivity contribution in [3.05, 3.63) is 101 Å². The summed E-state index contributed by atoms with van der Waals surface area (Å²) < 4.78 is 13.6. The number of esters is 1. The second-order valence-electron chi connectivity index (χ2n) is 7.30. The van der Waals surface area contributed by atoms with Gasteiger partial charge in [0.05, 0.1) is 36.3 Å². The molecule has 0 aliphatic carbocycles. The van der Waals surface area contributed by atoms with Gasteiger partial charge >= 0.3 is 11.7 Å². The molecule has 6 nitrogen and oxygen atoms in total. The van der Waals surface area contributed by atoms with E-state index in [0.29, 0.717) is 28.4 Å². The number of ether oxygens (including phenoxy) is 2. The molecule has 0 saturated heterocycles. The van der Waals surface area contributed by atoms with Gasteiger partial charge in [-0.3, -0.25) is 9.13 Å². The van der Waals surface area contributed by atoms with Gasteiger partial charge in [-0.25, -0.2) is 9.59 Å². The molecule has 6 heteroatoms. The summed E-state index contributed by atoms with van der Waals surface area (Å²) >= 11 is 0. The minimum absolute atomic E-state index is 0.250. The Morgan fingerprint density at radius 2 is 1.62 bits per heavy atom. The van der Waals surface area contributed by atoms with Crippen molar-refractivity contribution in [2.45, 2.75) is 13.8 Å². The highest BCUT2D eigenvalue weighted by Gasteiger charge is 2.21. The summed E-state index contributed by atoms with van der Waals surface area (Å²) in [5, 5.41) is 0. The van der Waals surface area contributed by atoms with Crippen molar-refractivity contribution in [1.82, 2.24) is 9.13 Å². The average Bonchev–Trinajstić information content (AvgIpc) is 3.16. The molecule has 0 saturated carbocycles. The van der Waals surface area contributed by atoms with Crippen molar-refractivity contribution in [2.24, 2.45) is 0 Å². The van der Waals surface area contributed by atoms with E-state index in [1.165, 1.54) is 0 Å². The summed E-state index contributed by atoms with van der Waals surface area (Å²) in [5.74, 6) is 0.231. The third kappa shape index (κ3) is 3.95. The predicted molar refractivity (Wildman–Crippen MR) is 124 cm³/mol. The number of hydrogen-bond acceptors (Lipinski definition) is 4. The summed E-state index contributed by atoms with van der Waals surface area (Å²) in [5.41, 5.74) is 3.85. The van der Waals surface area contributed by atoms with Crippen LogP contribution in [0.2, 0.25) is 0 Å². The van der Waals surface area contributed by atoms with Crippen LogP contribution < -0.4 is 10.4 Å². The van der Waals surface area contributed by atoms with Gasteiger partial charge in [-0.2, -0.15) is 0 Å². The second kappa shape index (κ2) is 8.98. The van der Waals surface area contributed by atoms with E-state index in [9.17, 15) is 9.59 Å². The van der Waals surface area contributed by atoms with Crippen LogP contribution in [0.15, 0.2) is 83.8 Å². The Labute approximate surface area is 186 Å². The standard InChI is InChI=1S/C26H24N2O4/c1-4-32-25(29)22-7-5-6-8-23(22)28-24(19-11-9-18(2)10-12-19)17-27(26(28)30)20-13-15-21(31-3)16-14-20/h5-17H,4H2,1-3H3. The topological polar surface area (TPSA) is 62.5 Å². The number of imidazole rings is 1. The summed E-state index contributed by atoms with van der Waals surface area (Å²) in [7, 11) is 1.60. The van der Waals surface area contributed by atoms with E-state index in [4.69, 9.17) is 9.47 Å². The molecule has 0 aliphatic heterocycles. The van der Waals surface area contributed by atoms with Gasteiger partial charge in [-0.05, 0) is 50.2 Å². The van der Waals surface area contributed by atoms with Crippen LogP contribution in [-0.4, -0.2) is 28.8 Å². The lowest BCUT2D eigenvalue weighted by Gasteiger charge is -2.12. The van der Waals surface area contributed by atoms with Crippen LogP contribution >= 0.6 is 0 Å². The normalized spacial score (nSPS) is 10.7. The fourth-order valence-corrected chi connectivity index (χ4v) is 3.58. The van der Waals surface area contributed by atoms with Crippen molar-refractivity contribution < 1.29 is 14.3 Å². The van der Waals surface area contributed by atoms with E-state index in [1.54, 1.807) is 65.8 Å². The summed E-state index contributed by atoms with van der Waals surface area (Å²) in [6.45, 7) is 4.01. The molecule has 0 unspecified atom stereocenters. The summed E-state index contributed by atoms with van der Waals surface area (Å²) in [6.07, 6.45) is 1.79. The fourth-order valence-electron chi connectivity index (χ4n) is 3.58. The Kier molecular flexibility index (Phi) is 5.94. The van der Waals surface area contributed by atoms with Gasteiger partial charge in [-0.1, -0.05) is 42.0 Å². The molecule has 0 aliphatic rings. The van der Waals surface area contributed by atoms with Gasteiger partial charge in [0.1, 0.15) is 5.75 Å². The number of carbonyl (C=O) groups excluding carboxylic acids is 1. The average molecular weight is 428 g/mol. The highest BCUT2D eigenvalue weighted by Crippen LogP contribution is 2.26. The molecule has 162 valence electrons. The van der Waals surface area contributed by atoms with E-state index in [-0.39, 0.29) is 12.3 Å². The van der Waals surface area contributed by atoms with Crippen molar-refractivity contribution in [1.29, 1.82) is 0 Å². The van der Waals surface area contributed by atoms with Gasteiger partial charge in [0.2, 0.25) is 0 Å². The van der Waals surface area contributed by atoms with E-state index in [0.717, 1.165) is 11.1 Å². The van der Waals surface area contributed by atoms with Gasteiger partial charge in [0.15, 0.2) is 0 Å². The minimum Gasteiger partial charge on any atom is -0.497 e. The molecule has 0 bridgehead atoms. The third-order valence-electron chi connectivity index (χ3n) is 5.23. The molecule has 32 heavy (non-hydrogen) atoms. The lowest BCUT2D eigenvalue weighted by atomic mass is 10.1. The number of rotatable bonds is 6. The quantitative estimate of drug-likeness (QED) is 0.414. The maximum atomic E-state index is 13.7. The predicted octanol–water partition coefficient (Wildman–Crippen LogP) is 4.79. The van der Waals surface area contributed by atoms with Crippen molar-refractivity contribution >= 4 is 5.97 Å². The van der Waals surface area contributed by atoms with E-state index in [2.05, 4.69) is 0 Å². The van der Waals surface area contributed by atoms with Crippen molar-refractivity contribution in [3.63, 3.8) is 0 Å². The zero-order valence-electron chi connectivity index (χ0n) is 18.2. The monoisotopic (exact) mass is 428 g/mol. The lowest BCUT2D eigenvalue weighted by Crippen LogP contribution is -2.24.